The number of hydrogen-bond donors (Lipinski definition) is 0. The Morgan fingerprint density at radius 1 is 0.708 bits per heavy atom. The quantitative estimate of drug-likeness (QED) is 0.765. The lowest BCUT2D eigenvalue weighted by Gasteiger charge is -1.91. The van der Waals surface area contributed by atoms with Gasteiger partial charge in [0.1, 0.15) is 24.4 Å². The van der Waals surface area contributed by atoms with Gasteiger partial charge in [0.05, 0.1) is 0 Å². The van der Waals surface area contributed by atoms with Gasteiger partial charge in [0.25, 0.3) is 0 Å². The van der Waals surface area contributed by atoms with Crippen LogP contribution >= 0.6 is 0 Å². The molecule has 2 aromatic rings. The third-order valence-corrected chi connectivity index (χ3v) is 4.17. The van der Waals surface area contributed by atoms with Crippen LogP contribution in [0.25, 0.3) is 12.2 Å². The van der Waals surface area contributed by atoms with Gasteiger partial charge in [0.2, 0.25) is 0 Å². The highest BCUT2D eigenvalue weighted by atomic mass is 16.6. The number of Topliss-reactive ketones (excluding diaryl/α,β-unsaturated/α-hetero) is 1. The summed E-state index contributed by atoms with van der Waals surface area (Å²) in [6, 6.07) is 20.0. The fourth-order valence-electron chi connectivity index (χ4n) is 2.70. The van der Waals surface area contributed by atoms with Gasteiger partial charge in [-0.15, -0.1) is 0 Å². The molecule has 2 heterocycles. The molecule has 2 aliphatic rings. The van der Waals surface area contributed by atoms with Crippen LogP contribution in [0.2, 0.25) is 0 Å². The molecule has 0 unspecified atom stereocenters. The Balaban J connectivity index is 1.28. The Morgan fingerprint density at radius 3 is 1.54 bits per heavy atom. The van der Waals surface area contributed by atoms with E-state index in [1.807, 2.05) is 85.0 Å². The number of hydrogen-bond acceptors (Lipinski definition) is 3. The Bertz CT molecular complexity index is 699. The van der Waals surface area contributed by atoms with Gasteiger partial charge in [-0.2, -0.15) is 0 Å². The third-order valence-electron chi connectivity index (χ3n) is 4.17. The maximum atomic E-state index is 12.3. The van der Waals surface area contributed by atoms with Gasteiger partial charge in [0.15, 0.2) is 5.78 Å². The molecule has 24 heavy (non-hydrogen) atoms. The Hall–Kier alpha value is -2.49. The van der Waals surface area contributed by atoms with Crippen LogP contribution < -0.4 is 0 Å². The number of benzene rings is 2. The summed E-state index contributed by atoms with van der Waals surface area (Å²) in [5, 5.41) is 0. The number of rotatable bonds is 6. The molecule has 0 amide bonds. The lowest BCUT2D eigenvalue weighted by atomic mass is 10.1. The number of ketones is 1. The molecule has 0 spiro atoms. The molecule has 2 aromatic carbocycles. The normalized spacial score (nSPS) is 28.3. The van der Waals surface area contributed by atoms with E-state index in [0.29, 0.717) is 0 Å². The van der Waals surface area contributed by atoms with Gasteiger partial charge in [0, 0.05) is 0 Å². The maximum Gasteiger partial charge on any atom is 0.196 e. The van der Waals surface area contributed by atoms with E-state index in [-0.39, 0.29) is 30.2 Å². The van der Waals surface area contributed by atoms with Crippen LogP contribution in [0.1, 0.15) is 11.1 Å². The van der Waals surface area contributed by atoms with Gasteiger partial charge in [-0.3, -0.25) is 4.79 Å². The van der Waals surface area contributed by atoms with Crippen molar-refractivity contribution in [3.8, 4) is 0 Å². The maximum absolute atomic E-state index is 12.3. The third kappa shape index (κ3) is 3.53. The predicted octanol–water partition coefficient (Wildman–Crippen LogP) is 3.52. The Morgan fingerprint density at radius 2 is 1.12 bits per heavy atom. The Kier molecular flexibility index (Phi) is 4.11. The van der Waals surface area contributed by atoms with Crippen molar-refractivity contribution >= 4 is 17.9 Å². The zero-order valence-electron chi connectivity index (χ0n) is 13.1. The molecule has 0 aromatic heterocycles. The molecule has 4 rings (SSSR count). The molecular weight excluding hydrogens is 300 g/mol. The summed E-state index contributed by atoms with van der Waals surface area (Å²) < 4.78 is 10.9. The molecule has 120 valence electrons. The average Bonchev–Trinajstić information content (AvgIpc) is 3.54. The highest BCUT2D eigenvalue weighted by molar-refractivity contribution is 5.93. The van der Waals surface area contributed by atoms with Crippen molar-refractivity contribution in [2.45, 2.75) is 24.4 Å². The van der Waals surface area contributed by atoms with Gasteiger partial charge in [-0.25, -0.2) is 0 Å². The van der Waals surface area contributed by atoms with Gasteiger partial charge in [-0.1, -0.05) is 85.0 Å². The zero-order chi connectivity index (χ0) is 16.4. The first kappa shape index (κ1) is 15.1. The SMILES string of the molecule is O=C([C@@H]1O[C@H]1/C=C/c1ccccc1)[C@@H]1O[C@H]1/C=C/c1ccccc1. The van der Waals surface area contributed by atoms with Crippen LogP contribution in [0.3, 0.4) is 0 Å². The summed E-state index contributed by atoms with van der Waals surface area (Å²) in [6.45, 7) is 0. The first-order valence-electron chi connectivity index (χ1n) is 8.12. The topological polar surface area (TPSA) is 42.1 Å². The first-order chi connectivity index (χ1) is 11.8. The Labute approximate surface area is 141 Å². The van der Waals surface area contributed by atoms with Crippen molar-refractivity contribution in [3.05, 3.63) is 83.9 Å². The monoisotopic (exact) mass is 318 g/mol. The zero-order valence-corrected chi connectivity index (χ0v) is 13.1. The lowest BCUT2D eigenvalue weighted by molar-refractivity contribution is -0.121. The van der Waals surface area contributed by atoms with E-state index in [0.717, 1.165) is 11.1 Å². The summed E-state index contributed by atoms with van der Waals surface area (Å²) in [6.07, 6.45) is 6.89. The average molecular weight is 318 g/mol. The van der Waals surface area contributed by atoms with Crippen molar-refractivity contribution in [2.75, 3.05) is 0 Å². The first-order valence-corrected chi connectivity index (χ1v) is 8.12. The van der Waals surface area contributed by atoms with Crippen molar-refractivity contribution in [1.82, 2.24) is 0 Å². The van der Waals surface area contributed by atoms with Crippen LogP contribution in [0.5, 0.6) is 0 Å². The van der Waals surface area contributed by atoms with Gasteiger partial charge in [-0.05, 0) is 11.1 Å². The predicted molar refractivity (Wildman–Crippen MR) is 93.3 cm³/mol. The van der Waals surface area contributed by atoms with Crippen molar-refractivity contribution in [3.63, 3.8) is 0 Å². The summed E-state index contributed by atoms with van der Waals surface area (Å²) in [5.74, 6) is 0.0421. The van der Waals surface area contributed by atoms with Gasteiger partial charge < -0.3 is 9.47 Å². The molecule has 2 aliphatic heterocycles. The van der Waals surface area contributed by atoms with Gasteiger partial charge >= 0.3 is 0 Å². The molecule has 4 atom stereocenters. The number of epoxide rings is 2. The minimum absolute atomic E-state index is 0.0421. The molecule has 0 saturated carbocycles. The largest absolute Gasteiger partial charge is 0.357 e. The smallest absolute Gasteiger partial charge is 0.196 e. The summed E-state index contributed by atoms with van der Waals surface area (Å²) in [5.41, 5.74) is 2.20. The van der Waals surface area contributed by atoms with E-state index in [9.17, 15) is 4.79 Å². The number of ether oxygens (including phenoxy) is 2. The highest BCUT2D eigenvalue weighted by Crippen LogP contribution is 2.34. The number of carbonyl (C=O) groups excluding carboxylic acids is 1. The van der Waals surface area contributed by atoms with Crippen LogP contribution in [0.15, 0.2) is 72.8 Å². The molecule has 0 aliphatic carbocycles. The van der Waals surface area contributed by atoms with E-state index in [1.54, 1.807) is 0 Å². The van der Waals surface area contributed by atoms with Crippen molar-refractivity contribution in [1.29, 1.82) is 0 Å². The van der Waals surface area contributed by atoms with Crippen LogP contribution in [-0.2, 0) is 14.3 Å². The van der Waals surface area contributed by atoms with E-state index in [2.05, 4.69) is 0 Å². The van der Waals surface area contributed by atoms with Crippen LogP contribution in [0, 0.1) is 0 Å². The van der Waals surface area contributed by atoms with E-state index < -0.39 is 0 Å². The molecule has 0 radical (unpaired) electrons. The van der Waals surface area contributed by atoms with Crippen LogP contribution in [0.4, 0.5) is 0 Å². The molecule has 3 heteroatoms. The molecule has 3 nitrogen and oxygen atoms in total. The highest BCUT2D eigenvalue weighted by Gasteiger charge is 2.53. The van der Waals surface area contributed by atoms with Crippen molar-refractivity contribution in [2.24, 2.45) is 0 Å². The summed E-state index contributed by atoms with van der Waals surface area (Å²) in [7, 11) is 0. The molecule has 0 N–H and O–H groups in total. The lowest BCUT2D eigenvalue weighted by Crippen LogP contribution is -2.17. The fraction of sp³-hybridized carbons (Fsp3) is 0.190. The standard InChI is InChI=1S/C21H18O3/c22-19(20-17(23-20)13-11-15-7-3-1-4-8-15)21-18(24-21)14-12-16-9-5-2-6-10-16/h1-14,17-18,20-21H/b13-11+,14-12+/t17-,18-,20+,21+/m0/s1. The molecule has 2 fully saturated rings. The second-order valence-corrected chi connectivity index (χ2v) is 5.98. The summed E-state index contributed by atoms with van der Waals surface area (Å²) >= 11 is 0. The molecule has 0 bridgehead atoms. The van der Waals surface area contributed by atoms with E-state index in [4.69, 9.17) is 9.47 Å². The summed E-state index contributed by atoms with van der Waals surface area (Å²) in [4.78, 5) is 12.3. The van der Waals surface area contributed by atoms with Crippen LogP contribution in [-0.4, -0.2) is 30.2 Å². The molecular formula is C21H18O3. The second kappa shape index (κ2) is 6.56. The minimum atomic E-state index is -0.356. The minimum Gasteiger partial charge on any atom is -0.357 e. The molecule has 2 saturated heterocycles. The van der Waals surface area contributed by atoms with E-state index in [1.165, 1.54) is 0 Å². The number of carbonyl (C=O) groups is 1. The van der Waals surface area contributed by atoms with E-state index >= 15 is 0 Å². The fourth-order valence-corrected chi connectivity index (χ4v) is 2.70. The van der Waals surface area contributed by atoms with Crippen molar-refractivity contribution < 1.29 is 14.3 Å². The second-order valence-electron chi connectivity index (χ2n) is 5.98.